The lowest BCUT2D eigenvalue weighted by molar-refractivity contribution is 0.0767. The fourth-order valence-electron chi connectivity index (χ4n) is 3.11. The van der Waals surface area contributed by atoms with Gasteiger partial charge in [0.2, 0.25) is 5.82 Å². The predicted molar refractivity (Wildman–Crippen MR) is 105 cm³/mol. The molecule has 3 aromatic rings. The third kappa shape index (κ3) is 3.69. The molecule has 0 atom stereocenters. The summed E-state index contributed by atoms with van der Waals surface area (Å²) in [6.45, 7) is 5.52. The van der Waals surface area contributed by atoms with Gasteiger partial charge in [0.15, 0.2) is 5.69 Å². The van der Waals surface area contributed by atoms with E-state index >= 15 is 0 Å². The van der Waals surface area contributed by atoms with Crippen LogP contribution in [0.4, 0.5) is 0 Å². The molecule has 0 bridgehead atoms. The van der Waals surface area contributed by atoms with Gasteiger partial charge in [-0.3, -0.25) is 14.0 Å². The lowest BCUT2D eigenvalue weighted by atomic mass is 10.2. The Morgan fingerprint density at radius 2 is 1.63 bits per heavy atom. The number of carbonyl (C=O) groups is 2. The maximum atomic E-state index is 13.0. The normalized spacial score (nSPS) is 10.8. The number of rotatable bonds is 6. The number of pyridine rings is 1. The summed E-state index contributed by atoms with van der Waals surface area (Å²) < 4.78 is 1.69. The lowest BCUT2D eigenvalue weighted by Gasteiger charge is -2.17. The van der Waals surface area contributed by atoms with E-state index in [9.17, 15) is 9.59 Å². The number of amides is 2. The van der Waals surface area contributed by atoms with E-state index in [1.54, 1.807) is 27.4 Å². The number of hydrogen-bond acceptors (Lipinski definition) is 3. The Bertz CT molecular complexity index is 945. The van der Waals surface area contributed by atoms with Crippen LogP contribution in [0, 0.1) is 0 Å². The third-order valence-corrected chi connectivity index (χ3v) is 4.60. The number of aromatic nitrogens is 2. The maximum Gasteiger partial charge on any atom is 0.290 e. The topological polar surface area (TPSA) is 57.9 Å². The first kappa shape index (κ1) is 18.6. The monoisotopic (exact) mass is 364 g/mol. The number of fused-ring (bicyclic) bond motifs is 1. The van der Waals surface area contributed by atoms with E-state index in [0.29, 0.717) is 30.8 Å². The maximum absolute atomic E-state index is 13.0. The SMILES string of the molecule is CCN(CC)C(=O)c1nc(C(=O)N(C)Cc2ccccc2)n2ccccc12. The summed E-state index contributed by atoms with van der Waals surface area (Å²) in [5.41, 5.74) is 2.00. The van der Waals surface area contributed by atoms with Crippen molar-refractivity contribution in [2.45, 2.75) is 20.4 Å². The minimum absolute atomic E-state index is 0.159. The van der Waals surface area contributed by atoms with Crippen LogP contribution in [0.1, 0.15) is 40.5 Å². The van der Waals surface area contributed by atoms with Gasteiger partial charge in [-0.15, -0.1) is 0 Å². The van der Waals surface area contributed by atoms with E-state index in [1.807, 2.05) is 62.4 Å². The highest BCUT2D eigenvalue weighted by Crippen LogP contribution is 2.17. The molecule has 0 fully saturated rings. The summed E-state index contributed by atoms with van der Waals surface area (Å²) in [6.07, 6.45) is 1.77. The van der Waals surface area contributed by atoms with E-state index in [-0.39, 0.29) is 17.6 Å². The van der Waals surface area contributed by atoms with E-state index in [2.05, 4.69) is 4.98 Å². The number of imidazole rings is 1. The van der Waals surface area contributed by atoms with E-state index in [1.165, 1.54) is 0 Å². The second kappa shape index (κ2) is 8.03. The van der Waals surface area contributed by atoms with E-state index in [4.69, 9.17) is 0 Å². The molecular weight excluding hydrogens is 340 g/mol. The number of benzene rings is 1. The quantitative estimate of drug-likeness (QED) is 0.675. The molecule has 0 radical (unpaired) electrons. The van der Waals surface area contributed by atoms with Gasteiger partial charge in [-0.1, -0.05) is 36.4 Å². The standard InChI is InChI=1S/C21H24N4O2/c1-4-24(5-2)20(26)18-17-13-9-10-14-25(17)19(22-18)21(27)23(3)15-16-11-7-6-8-12-16/h6-14H,4-5,15H2,1-3H3. The second-order valence-corrected chi connectivity index (χ2v) is 6.36. The van der Waals surface area contributed by atoms with Crippen LogP contribution in [0.25, 0.3) is 5.52 Å². The van der Waals surface area contributed by atoms with Crippen molar-refractivity contribution in [1.82, 2.24) is 19.2 Å². The molecule has 2 aromatic heterocycles. The molecule has 0 N–H and O–H groups in total. The van der Waals surface area contributed by atoms with Gasteiger partial charge >= 0.3 is 0 Å². The Morgan fingerprint density at radius 1 is 0.963 bits per heavy atom. The van der Waals surface area contributed by atoms with Crippen LogP contribution in [-0.2, 0) is 6.54 Å². The van der Waals surface area contributed by atoms with Crippen LogP contribution in [0.2, 0.25) is 0 Å². The van der Waals surface area contributed by atoms with Crippen molar-refractivity contribution >= 4 is 17.3 Å². The minimum Gasteiger partial charge on any atom is -0.338 e. The molecule has 6 nitrogen and oxygen atoms in total. The Morgan fingerprint density at radius 3 is 2.30 bits per heavy atom. The molecule has 0 aliphatic rings. The first-order chi connectivity index (χ1) is 13.1. The van der Waals surface area contributed by atoms with Crippen molar-refractivity contribution < 1.29 is 9.59 Å². The Kier molecular flexibility index (Phi) is 5.54. The molecule has 0 saturated carbocycles. The average molecular weight is 364 g/mol. The highest BCUT2D eigenvalue weighted by atomic mass is 16.2. The van der Waals surface area contributed by atoms with Crippen molar-refractivity contribution in [3.05, 3.63) is 71.8 Å². The zero-order valence-corrected chi connectivity index (χ0v) is 15.9. The second-order valence-electron chi connectivity index (χ2n) is 6.36. The first-order valence-corrected chi connectivity index (χ1v) is 9.12. The molecule has 27 heavy (non-hydrogen) atoms. The van der Waals surface area contributed by atoms with E-state index in [0.717, 1.165) is 5.56 Å². The molecular formula is C21H24N4O2. The van der Waals surface area contributed by atoms with Crippen LogP contribution in [0.5, 0.6) is 0 Å². The Labute approximate surface area is 159 Å². The van der Waals surface area contributed by atoms with Crippen molar-refractivity contribution in [3.63, 3.8) is 0 Å². The van der Waals surface area contributed by atoms with E-state index < -0.39 is 0 Å². The lowest BCUT2D eigenvalue weighted by Crippen LogP contribution is -2.31. The molecule has 2 heterocycles. The van der Waals surface area contributed by atoms with Gasteiger partial charge in [0.1, 0.15) is 0 Å². The summed E-state index contributed by atoms with van der Waals surface area (Å²) >= 11 is 0. The summed E-state index contributed by atoms with van der Waals surface area (Å²) in [4.78, 5) is 33.6. The van der Waals surface area contributed by atoms with Gasteiger partial charge in [-0.2, -0.15) is 0 Å². The van der Waals surface area contributed by atoms with Gasteiger partial charge in [0.05, 0.1) is 5.52 Å². The van der Waals surface area contributed by atoms with Crippen LogP contribution in [0.15, 0.2) is 54.7 Å². The summed E-state index contributed by atoms with van der Waals surface area (Å²) in [5.74, 6) is -0.133. The summed E-state index contributed by atoms with van der Waals surface area (Å²) in [5, 5.41) is 0. The van der Waals surface area contributed by atoms with Gasteiger partial charge in [0.25, 0.3) is 11.8 Å². The molecule has 6 heteroatoms. The molecule has 0 aliphatic heterocycles. The zero-order valence-electron chi connectivity index (χ0n) is 15.9. The van der Waals surface area contributed by atoms with Crippen molar-refractivity contribution in [2.75, 3.05) is 20.1 Å². The summed E-state index contributed by atoms with van der Waals surface area (Å²) in [6, 6.07) is 15.3. The number of hydrogen-bond donors (Lipinski definition) is 0. The summed E-state index contributed by atoms with van der Waals surface area (Å²) in [7, 11) is 1.74. The fourth-order valence-corrected chi connectivity index (χ4v) is 3.11. The Balaban J connectivity index is 1.97. The molecule has 1 aromatic carbocycles. The van der Waals surface area contributed by atoms with Crippen LogP contribution < -0.4 is 0 Å². The highest BCUT2D eigenvalue weighted by molar-refractivity contribution is 6.02. The van der Waals surface area contributed by atoms with Crippen LogP contribution in [-0.4, -0.2) is 51.1 Å². The molecule has 2 amide bonds. The highest BCUT2D eigenvalue weighted by Gasteiger charge is 2.25. The van der Waals surface area contributed by atoms with Crippen LogP contribution >= 0.6 is 0 Å². The molecule has 3 rings (SSSR count). The van der Waals surface area contributed by atoms with Crippen molar-refractivity contribution in [2.24, 2.45) is 0 Å². The van der Waals surface area contributed by atoms with Gasteiger partial charge in [-0.25, -0.2) is 4.98 Å². The molecule has 140 valence electrons. The zero-order chi connectivity index (χ0) is 19.4. The third-order valence-electron chi connectivity index (χ3n) is 4.60. The molecule has 0 aliphatic carbocycles. The van der Waals surface area contributed by atoms with Gasteiger partial charge < -0.3 is 9.80 Å². The van der Waals surface area contributed by atoms with Crippen LogP contribution in [0.3, 0.4) is 0 Å². The van der Waals surface area contributed by atoms with Crippen molar-refractivity contribution in [3.8, 4) is 0 Å². The Hall–Kier alpha value is -3.15. The predicted octanol–water partition coefficient (Wildman–Crippen LogP) is 3.09. The van der Waals surface area contributed by atoms with Gasteiger partial charge in [-0.05, 0) is 31.5 Å². The fraction of sp³-hybridized carbons (Fsp3) is 0.286. The smallest absolute Gasteiger partial charge is 0.290 e. The average Bonchev–Trinajstić information content (AvgIpc) is 3.08. The van der Waals surface area contributed by atoms with Crippen molar-refractivity contribution in [1.29, 1.82) is 0 Å². The minimum atomic E-state index is -0.223. The van der Waals surface area contributed by atoms with Gasteiger partial charge in [0, 0.05) is 32.9 Å². The number of carbonyl (C=O) groups excluding carboxylic acids is 2. The molecule has 0 spiro atoms. The molecule has 0 unspecified atom stereocenters. The number of nitrogens with zero attached hydrogens (tertiary/aromatic N) is 4. The molecule has 0 saturated heterocycles. The first-order valence-electron chi connectivity index (χ1n) is 9.12. The largest absolute Gasteiger partial charge is 0.338 e.